The molecule has 1 aromatic rings. The summed E-state index contributed by atoms with van der Waals surface area (Å²) >= 11 is 0. The number of nitrogens with one attached hydrogen (secondary N) is 3. The highest BCUT2D eigenvalue weighted by Gasteiger charge is 2.08. The molecule has 1 heterocycles. The molecule has 0 aliphatic rings. The average Bonchev–Trinajstić information content (AvgIpc) is 2.42. The maximum atomic E-state index is 11.9. The van der Waals surface area contributed by atoms with E-state index >= 15 is 0 Å². The Morgan fingerprint density at radius 3 is 2.47 bits per heavy atom. The second kappa shape index (κ2) is 7.35. The second-order valence-corrected chi connectivity index (χ2v) is 4.07. The van der Waals surface area contributed by atoms with Crippen molar-refractivity contribution in [3.8, 4) is 0 Å². The van der Waals surface area contributed by atoms with Crippen LogP contribution in [-0.4, -0.2) is 36.9 Å². The summed E-state index contributed by atoms with van der Waals surface area (Å²) in [4.78, 5) is 27.0. The van der Waals surface area contributed by atoms with Crippen LogP contribution in [0.25, 0.3) is 0 Å². The van der Waals surface area contributed by atoms with Gasteiger partial charge in [-0.3, -0.25) is 9.59 Å². The third-order valence-electron chi connectivity index (χ3n) is 2.54. The summed E-state index contributed by atoms with van der Waals surface area (Å²) in [6.45, 7) is 4.25. The molecule has 0 radical (unpaired) electrons. The minimum atomic E-state index is -0.168. The molecule has 0 aromatic carbocycles. The zero-order valence-electron chi connectivity index (χ0n) is 11.5. The number of hydrogen-bond acceptors (Lipinski definition) is 4. The van der Waals surface area contributed by atoms with Crippen LogP contribution in [0.2, 0.25) is 0 Å². The van der Waals surface area contributed by atoms with Crippen LogP contribution >= 0.6 is 0 Å². The number of amides is 2. The summed E-state index contributed by atoms with van der Waals surface area (Å²) in [5, 5.41) is 8.30. The standard InChI is InChI=1S/C13H20N4O2/c1-4-11-7-10(8-12(14-3)17-11)13(19)16-6-5-15-9(2)18/h7-8H,4-6H2,1-3H3,(H,14,17)(H,15,18)(H,16,19). The van der Waals surface area contributed by atoms with Crippen LogP contribution < -0.4 is 16.0 Å². The third-order valence-corrected chi connectivity index (χ3v) is 2.54. The number of aromatic nitrogens is 1. The summed E-state index contributed by atoms with van der Waals surface area (Å²) in [7, 11) is 1.76. The molecular weight excluding hydrogens is 244 g/mol. The Morgan fingerprint density at radius 1 is 1.21 bits per heavy atom. The van der Waals surface area contributed by atoms with Gasteiger partial charge in [0.25, 0.3) is 5.91 Å². The predicted molar refractivity (Wildman–Crippen MR) is 74.2 cm³/mol. The summed E-state index contributed by atoms with van der Waals surface area (Å²) in [6.07, 6.45) is 0.766. The predicted octanol–water partition coefficient (Wildman–Crippen LogP) is 0.552. The maximum Gasteiger partial charge on any atom is 0.251 e. The Kier molecular flexibility index (Phi) is 5.78. The molecule has 19 heavy (non-hydrogen) atoms. The number of carbonyl (C=O) groups is 2. The largest absolute Gasteiger partial charge is 0.373 e. The highest BCUT2D eigenvalue weighted by Crippen LogP contribution is 2.10. The van der Waals surface area contributed by atoms with E-state index in [0.29, 0.717) is 24.5 Å². The van der Waals surface area contributed by atoms with Gasteiger partial charge in [0.1, 0.15) is 5.82 Å². The fraction of sp³-hybridized carbons (Fsp3) is 0.462. The van der Waals surface area contributed by atoms with Gasteiger partial charge in [-0.05, 0) is 18.6 Å². The van der Waals surface area contributed by atoms with Gasteiger partial charge >= 0.3 is 0 Å². The molecule has 0 saturated heterocycles. The van der Waals surface area contributed by atoms with Gasteiger partial charge in [0.15, 0.2) is 0 Å². The van der Waals surface area contributed by atoms with E-state index in [1.807, 2.05) is 6.92 Å². The summed E-state index contributed by atoms with van der Waals surface area (Å²) in [5.74, 6) is 0.397. The van der Waals surface area contributed by atoms with Crippen LogP contribution in [0.1, 0.15) is 29.9 Å². The van der Waals surface area contributed by atoms with Crippen LogP contribution in [0.15, 0.2) is 12.1 Å². The molecule has 6 heteroatoms. The summed E-state index contributed by atoms with van der Waals surface area (Å²) in [6, 6.07) is 3.47. The van der Waals surface area contributed by atoms with E-state index in [0.717, 1.165) is 12.1 Å². The number of rotatable bonds is 6. The molecule has 0 aliphatic heterocycles. The Hall–Kier alpha value is -2.11. The molecule has 1 rings (SSSR count). The first-order chi connectivity index (χ1) is 9.06. The SMILES string of the molecule is CCc1cc(C(=O)NCCNC(C)=O)cc(NC)n1. The number of anilines is 1. The molecule has 2 amide bonds. The van der Waals surface area contributed by atoms with Crippen molar-refractivity contribution < 1.29 is 9.59 Å². The lowest BCUT2D eigenvalue weighted by molar-refractivity contribution is -0.118. The van der Waals surface area contributed by atoms with Gasteiger partial charge in [0.05, 0.1) is 0 Å². The molecule has 0 spiro atoms. The van der Waals surface area contributed by atoms with E-state index in [4.69, 9.17) is 0 Å². The molecule has 0 aliphatic carbocycles. The number of carbonyl (C=O) groups excluding carboxylic acids is 2. The molecule has 0 bridgehead atoms. The van der Waals surface area contributed by atoms with Gasteiger partial charge in [-0.25, -0.2) is 4.98 Å². The lowest BCUT2D eigenvalue weighted by Gasteiger charge is -2.09. The monoisotopic (exact) mass is 264 g/mol. The number of aryl methyl sites for hydroxylation is 1. The molecular formula is C13H20N4O2. The quantitative estimate of drug-likeness (QED) is 0.655. The smallest absolute Gasteiger partial charge is 0.251 e. The molecule has 104 valence electrons. The van der Waals surface area contributed by atoms with Crippen molar-refractivity contribution in [3.63, 3.8) is 0 Å². The summed E-state index contributed by atoms with van der Waals surface area (Å²) < 4.78 is 0. The molecule has 1 aromatic heterocycles. The van der Waals surface area contributed by atoms with Crippen molar-refractivity contribution in [2.24, 2.45) is 0 Å². The number of nitrogens with zero attached hydrogens (tertiary/aromatic N) is 1. The van der Waals surface area contributed by atoms with Gasteiger partial charge in [-0.1, -0.05) is 6.92 Å². The van der Waals surface area contributed by atoms with E-state index in [9.17, 15) is 9.59 Å². The fourth-order valence-corrected chi connectivity index (χ4v) is 1.54. The normalized spacial score (nSPS) is 9.84. The maximum absolute atomic E-state index is 11.9. The molecule has 0 unspecified atom stereocenters. The van der Waals surface area contributed by atoms with Crippen LogP contribution in [0.3, 0.4) is 0 Å². The first-order valence-electron chi connectivity index (χ1n) is 6.28. The Bertz CT molecular complexity index is 438. The minimum absolute atomic E-state index is 0.108. The van der Waals surface area contributed by atoms with Gasteiger partial charge in [0.2, 0.25) is 5.91 Å². The van der Waals surface area contributed by atoms with E-state index in [2.05, 4.69) is 20.9 Å². The van der Waals surface area contributed by atoms with Gasteiger partial charge in [0, 0.05) is 38.3 Å². The Morgan fingerprint density at radius 2 is 1.89 bits per heavy atom. The highest BCUT2D eigenvalue weighted by molar-refractivity contribution is 5.95. The molecule has 6 nitrogen and oxygen atoms in total. The average molecular weight is 264 g/mol. The third kappa shape index (κ3) is 4.95. The zero-order valence-corrected chi connectivity index (χ0v) is 11.5. The van der Waals surface area contributed by atoms with Crippen LogP contribution in [0, 0.1) is 0 Å². The Balaban J connectivity index is 2.63. The molecule has 0 atom stereocenters. The van der Waals surface area contributed by atoms with Crippen molar-refractivity contribution in [3.05, 3.63) is 23.4 Å². The van der Waals surface area contributed by atoms with E-state index in [1.54, 1.807) is 19.2 Å². The summed E-state index contributed by atoms with van der Waals surface area (Å²) in [5.41, 5.74) is 1.43. The van der Waals surface area contributed by atoms with Crippen molar-refractivity contribution in [2.45, 2.75) is 20.3 Å². The van der Waals surface area contributed by atoms with Crippen molar-refractivity contribution in [2.75, 3.05) is 25.5 Å². The van der Waals surface area contributed by atoms with E-state index in [1.165, 1.54) is 6.92 Å². The molecule has 3 N–H and O–H groups in total. The van der Waals surface area contributed by atoms with Crippen molar-refractivity contribution in [1.82, 2.24) is 15.6 Å². The lowest BCUT2D eigenvalue weighted by Crippen LogP contribution is -2.33. The zero-order chi connectivity index (χ0) is 14.3. The van der Waals surface area contributed by atoms with Crippen molar-refractivity contribution >= 4 is 17.6 Å². The lowest BCUT2D eigenvalue weighted by atomic mass is 10.2. The highest BCUT2D eigenvalue weighted by atomic mass is 16.2. The molecule has 0 saturated carbocycles. The van der Waals surface area contributed by atoms with E-state index < -0.39 is 0 Å². The minimum Gasteiger partial charge on any atom is -0.373 e. The Labute approximate surface area is 113 Å². The molecule has 0 fully saturated rings. The van der Waals surface area contributed by atoms with Gasteiger partial charge in [-0.15, -0.1) is 0 Å². The van der Waals surface area contributed by atoms with Crippen molar-refractivity contribution in [1.29, 1.82) is 0 Å². The van der Waals surface area contributed by atoms with E-state index in [-0.39, 0.29) is 11.8 Å². The first-order valence-corrected chi connectivity index (χ1v) is 6.28. The second-order valence-electron chi connectivity index (χ2n) is 4.07. The first kappa shape index (κ1) is 14.9. The van der Waals surface area contributed by atoms with Gasteiger partial charge in [-0.2, -0.15) is 0 Å². The topological polar surface area (TPSA) is 83.1 Å². The fourth-order valence-electron chi connectivity index (χ4n) is 1.54. The van der Waals surface area contributed by atoms with Gasteiger partial charge < -0.3 is 16.0 Å². The van der Waals surface area contributed by atoms with Crippen LogP contribution in [0.5, 0.6) is 0 Å². The number of hydrogen-bond donors (Lipinski definition) is 3. The number of pyridine rings is 1. The van der Waals surface area contributed by atoms with Crippen LogP contribution in [-0.2, 0) is 11.2 Å². The van der Waals surface area contributed by atoms with Crippen LogP contribution in [0.4, 0.5) is 5.82 Å².